The van der Waals surface area contributed by atoms with Crippen LogP contribution in [0.3, 0.4) is 0 Å². The predicted octanol–water partition coefficient (Wildman–Crippen LogP) is 1.90. The van der Waals surface area contributed by atoms with Crippen LogP contribution in [0.4, 0.5) is 4.79 Å². The van der Waals surface area contributed by atoms with Crippen LogP contribution >= 0.6 is 11.8 Å². The minimum absolute atomic E-state index is 0.0598. The summed E-state index contributed by atoms with van der Waals surface area (Å²) in [6, 6.07) is 6.98. The zero-order valence-electron chi connectivity index (χ0n) is 23.0. The first-order valence-electron chi connectivity index (χ1n) is 14.1. The molecule has 3 atom stereocenters. The summed E-state index contributed by atoms with van der Waals surface area (Å²) in [7, 11) is 0. The summed E-state index contributed by atoms with van der Waals surface area (Å²) >= 11 is 1.90. The van der Waals surface area contributed by atoms with Crippen LogP contribution in [0.15, 0.2) is 24.3 Å². The Balaban J connectivity index is 1.02. The third-order valence-electron chi connectivity index (χ3n) is 6.65. The van der Waals surface area contributed by atoms with Crippen molar-refractivity contribution in [2.45, 2.75) is 55.9 Å². The fraction of sp³-hybridized carbons (Fsp3) is 0.643. The molecule has 0 bridgehead atoms. The van der Waals surface area contributed by atoms with Crippen LogP contribution in [0.2, 0.25) is 0 Å². The van der Waals surface area contributed by atoms with Crippen LogP contribution in [0.5, 0.6) is 0 Å². The topological polar surface area (TPSA) is 144 Å². The third-order valence-corrected chi connectivity index (χ3v) is 8.16. The molecule has 1 aromatic carbocycles. The smallest absolute Gasteiger partial charge is 0.315 e. The number of urea groups is 1. The molecular formula is C28H42N4O7S. The second kappa shape index (κ2) is 18.6. The average molecular weight is 579 g/mol. The largest absolute Gasteiger partial charge is 0.379 e. The van der Waals surface area contributed by atoms with Crippen molar-refractivity contribution in [1.82, 2.24) is 21.3 Å². The monoisotopic (exact) mass is 578 g/mol. The maximum Gasteiger partial charge on any atom is 0.315 e. The zero-order valence-corrected chi connectivity index (χ0v) is 23.8. The van der Waals surface area contributed by atoms with Crippen molar-refractivity contribution >= 4 is 35.9 Å². The fourth-order valence-electron chi connectivity index (χ4n) is 4.54. The lowest BCUT2D eigenvalue weighted by molar-refractivity contribution is -0.121. The molecule has 2 aliphatic heterocycles. The van der Waals surface area contributed by atoms with E-state index in [1.165, 1.54) is 0 Å². The summed E-state index contributed by atoms with van der Waals surface area (Å²) in [5, 5.41) is 12.1. The predicted molar refractivity (Wildman–Crippen MR) is 153 cm³/mol. The number of fused-ring (bicyclic) bond motifs is 1. The third kappa shape index (κ3) is 11.8. The van der Waals surface area contributed by atoms with E-state index in [9.17, 15) is 19.2 Å². The highest BCUT2D eigenvalue weighted by Gasteiger charge is 2.42. The number of nitrogens with one attached hydrogen (secondary N) is 4. The second-order valence-electron chi connectivity index (χ2n) is 9.76. The van der Waals surface area contributed by atoms with Crippen molar-refractivity contribution in [1.29, 1.82) is 0 Å². The molecule has 0 spiro atoms. The molecule has 4 N–H and O–H groups in total. The van der Waals surface area contributed by atoms with Gasteiger partial charge in [0.15, 0.2) is 0 Å². The van der Waals surface area contributed by atoms with Crippen molar-refractivity contribution in [3.8, 4) is 0 Å². The van der Waals surface area contributed by atoms with Gasteiger partial charge in [-0.15, -0.1) is 0 Å². The SMILES string of the molecule is O=Cc1cccc(C(=O)NCCCOCCOCCOCCCNC(=O)CCCCC2SC[C@@H]3NC(=O)N[C@H]23)c1. The van der Waals surface area contributed by atoms with E-state index in [1.807, 2.05) is 11.8 Å². The molecule has 2 aliphatic rings. The van der Waals surface area contributed by atoms with Gasteiger partial charge in [0.05, 0.1) is 38.5 Å². The molecule has 12 heteroatoms. The van der Waals surface area contributed by atoms with Gasteiger partial charge in [-0.2, -0.15) is 11.8 Å². The number of hydrogen-bond donors (Lipinski definition) is 4. The van der Waals surface area contributed by atoms with E-state index in [1.54, 1.807) is 24.3 Å². The van der Waals surface area contributed by atoms with Gasteiger partial charge in [-0.3, -0.25) is 14.4 Å². The first-order valence-corrected chi connectivity index (χ1v) is 15.1. The number of amides is 4. The normalized spacial score (nSPS) is 19.5. The second-order valence-corrected chi connectivity index (χ2v) is 11.0. The molecule has 0 aromatic heterocycles. The minimum atomic E-state index is -0.211. The molecule has 2 heterocycles. The van der Waals surface area contributed by atoms with Crippen LogP contribution in [-0.4, -0.2) is 99.9 Å². The average Bonchev–Trinajstić information content (AvgIpc) is 3.52. The van der Waals surface area contributed by atoms with E-state index in [-0.39, 0.29) is 29.9 Å². The van der Waals surface area contributed by atoms with Gasteiger partial charge in [0.25, 0.3) is 5.91 Å². The molecule has 11 nitrogen and oxygen atoms in total. The summed E-state index contributed by atoms with van der Waals surface area (Å²) in [6.07, 6.45) is 5.53. The number of carbonyl (C=O) groups excluding carboxylic acids is 4. The molecule has 0 aliphatic carbocycles. The Kier molecular flexibility index (Phi) is 14.8. The first-order chi connectivity index (χ1) is 19.6. The highest BCUT2D eigenvalue weighted by Crippen LogP contribution is 2.33. The summed E-state index contributed by atoms with van der Waals surface area (Å²) in [6.45, 7) is 4.06. The van der Waals surface area contributed by atoms with Gasteiger partial charge in [-0.1, -0.05) is 18.6 Å². The van der Waals surface area contributed by atoms with Gasteiger partial charge >= 0.3 is 6.03 Å². The van der Waals surface area contributed by atoms with Crippen molar-refractivity contribution in [2.24, 2.45) is 0 Å². The number of thioether (sulfide) groups is 1. The van der Waals surface area contributed by atoms with Crippen LogP contribution in [0.1, 0.15) is 59.2 Å². The molecule has 222 valence electrons. The fourth-order valence-corrected chi connectivity index (χ4v) is 6.08. The van der Waals surface area contributed by atoms with Crippen molar-refractivity contribution in [3.63, 3.8) is 0 Å². The molecule has 1 aromatic rings. The Labute approximate surface area is 240 Å². The Bertz CT molecular complexity index is 951. The number of rotatable bonds is 21. The number of benzene rings is 1. The van der Waals surface area contributed by atoms with E-state index in [2.05, 4.69) is 21.3 Å². The van der Waals surface area contributed by atoms with Gasteiger partial charge in [-0.25, -0.2) is 4.79 Å². The van der Waals surface area contributed by atoms with Crippen LogP contribution < -0.4 is 21.3 Å². The summed E-state index contributed by atoms with van der Waals surface area (Å²) in [5.41, 5.74) is 0.936. The lowest BCUT2D eigenvalue weighted by Gasteiger charge is -2.16. The Morgan fingerprint density at radius 1 is 0.925 bits per heavy atom. The quantitative estimate of drug-likeness (QED) is 0.0984. The Morgan fingerprint density at radius 3 is 2.35 bits per heavy atom. The molecule has 40 heavy (non-hydrogen) atoms. The van der Waals surface area contributed by atoms with E-state index < -0.39 is 0 Å². The maximum absolute atomic E-state index is 12.1. The summed E-state index contributed by atoms with van der Waals surface area (Å²) in [4.78, 5) is 46.3. The molecule has 0 saturated carbocycles. The summed E-state index contributed by atoms with van der Waals surface area (Å²) in [5.74, 6) is 0.823. The lowest BCUT2D eigenvalue weighted by atomic mass is 10.0. The number of hydrogen-bond acceptors (Lipinski definition) is 8. The van der Waals surface area contributed by atoms with E-state index in [4.69, 9.17) is 14.2 Å². The first kappa shape index (κ1) is 31.9. The van der Waals surface area contributed by atoms with Gasteiger partial charge < -0.3 is 35.5 Å². The van der Waals surface area contributed by atoms with Crippen LogP contribution in [0.25, 0.3) is 0 Å². The van der Waals surface area contributed by atoms with Gasteiger partial charge in [-0.05, 0) is 37.8 Å². The number of aldehydes is 1. The van der Waals surface area contributed by atoms with Gasteiger partial charge in [0.1, 0.15) is 6.29 Å². The van der Waals surface area contributed by atoms with Crippen LogP contribution in [0, 0.1) is 0 Å². The Hall–Kier alpha value is -2.67. The molecule has 2 saturated heterocycles. The Morgan fingerprint density at radius 2 is 1.62 bits per heavy atom. The number of unbranched alkanes of at least 4 members (excludes halogenated alkanes) is 1. The number of carbonyl (C=O) groups is 4. The minimum Gasteiger partial charge on any atom is -0.379 e. The van der Waals surface area contributed by atoms with Crippen LogP contribution in [-0.2, 0) is 19.0 Å². The molecule has 1 unspecified atom stereocenters. The van der Waals surface area contributed by atoms with Gasteiger partial charge in [0, 0.05) is 54.9 Å². The molecule has 4 amide bonds. The molecule has 3 rings (SSSR count). The molecule has 0 radical (unpaired) electrons. The van der Waals surface area contributed by atoms with E-state index in [0.717, 1.165) is 31.4 Å². The lowest BCUT2D eigenvalue weighted by Crippen LogP contribution is -2.36. The van der Waals surface area contributed by atoms with Gasteiger partial charge in [0.2, 0.25) is 5.91 Å². The molecular weight excluding hydrogens is 536 g/mol. The number of ether oxygens (including phenoxy) is 3. The van der Waals surface area contributed by atoms with E-state index >= 15 is 0 Å². The molecule has 2 fully saturated rings. The highest BCUT2D eigenvalue weighted by molar-refractivity contribution is 8.00. The zero-order chi connectivity index (χ0) is 28.4. The van der Waals surface area contributed by atoms with Crippen molar-refractivity contribution < 1.29 is 33.4 Å². The van der Waals surface area contributed by atoms with E-state index in [0.29, 0.717) is 88.2 Å². The maximum atomic E-state index is 12.1. The van der Waals surface area contributed by atoms with Crippen molar-refractivity contribution in [2.75, 3.05) is 58.5 Å². The highest BCUT2D eigenvalue weighted by atomic mass is 32.2. The van der Waals surface area contributed by atoms with Crippen molar-refractivity contribution in [3.05, 3.63) is 35.4 Å². The summed E-state index contributed by atoms with van der Waals surface area (Å²) < 4.78 is 16.5. The standard InChI is InChI=1S/C28H42N4O7S/c33-19-21-6-3-7-22(18-21)27(35)30-11-5-13-38-15-17-39-16-14-37-12-4-10-29-25(34)9-2-1-8-24-26-23(20-40-24)31-28(36)32-26/h3,6-7,18-19,23-24,26H,1-2,4-5,8-17,20H2,(H,29,34)(H,30,35)(H2,31,32,36)/t23-,24?,26-/m0/s1.